The van der Waals surface area contributed by atoms with Crippen LogP contribution >= 0.6 is 0 Å². The van der Waals surface area contributed by atoms with E-state index in [1.807, 2.05) is 0 Å². The van der Waals surface area contributed by atoms with Crippen LogP contribution in [0.15, 0.2) is 4.42 Å². The number of ether oxygens (including phenoxy) is 1. The number of hydrogen-bond donors (Lipinski definition) is 1. The molecule has 1 amide bonds. The number of hydrogen-bond acceptors (Lipinski definition) is 5. The van der Waals surface area contributed by atoms with E-state index in [0.717, 1.165) is 0 Å². The van der Waals surface area contributed by atoms with Crippen LogP contribution in [0.1, 0.15) is 45.5 Å². The molecule has 1 rings (SSSR count). The molecular weight excluding hydrogens is 210 g/mol. The fraction of sp³-hybridized carbons (Fsp3) is 0.700. The zero-order valence-corrected chi connectivity index (χ0v) is 10.2. The predicted molar refractivity (Wildman–Crippen MR) is 56.8 cm³/mol. The van der Waals surface area contributed by atoms with E-state index in [2.05, 4.69) is 15.5 Å². The van der Waals surface area contributed by atoms with Crippen LogP contribution in [0, 0.1) is 6.92 Å². The Hall–Kier alpha value is -1.59. The number of nitrogens with zero attached hydrogens (tertiary/aromatic N) is 2. The zero-order chi connectivity index (χ0) is 12.3. The van der Waals surface area contributed by atoms with Crippen molar-refractivity contribution in [3.8, 4) is 0 Å². The van der Waals surface area contributed by atoms with Crippen LogP contribution in [0.3, 0.4) is 0 Å². The minimum atomic E-state index is -0.519. The number of carbonyl (C=O) groups excluding carboxylic acids is 1. The average Bonchev–Trinajstić information content (AvgIpc) is 2.47. The van der Waals surface area contributed by atoms with Crippen molar-refractivity contribution < 1.29 is 13.9 Å². The molecule has 0 aromatic carbocycles. The van der Waals surface area contributed by atoms with Crippen molar-refractivity contribution in [2.75, 3.05) is 0 Å². The molecule has 1 heterocycles. The standard InChI is InChI=1S/C10H17N3O3/c1-6(8-13-12-7(2)15-8)11-9(14)16-10(3,4)5/h6H,1-5H3,(H,11,14). The second-order valence-electron chi connectivity index (χ2n) is 4.53. The molecule has 0 spiro atoms. The highest BCUT2D eigenvalue weighted by Gasteiger charge is 2.20. The molecule has 1 atom stereocenters. The van der Waals surface area contributed by atoms with Gasteiger partial charge in [-0.25, -0.2) is 4.79 Å². The normalized spacial score (nSPS) is 13.3. The number of aromatic nitrogens is 2. The molecule has 1 N–H and O–H groups in total. The molecule has 0 radical (unpaired) electrons. The summed E-state index contributed by atoms with van der Waals surface area (Å²) in [6, 6.07) is -0.365. The van der Waals surface area contributed by atoms with Gasteiger partial charge in [-0.1, -0.05) is 0 Å². The molecule has 6 nitrogen and oxygen atoms in total. The Bertz CT molecular complexity index is 368. The van der Waals surface area contributed by atoms with Crippen molar-refractivity contribution in [1.29, 1.82) is 0 Å². The van der Waals surface area contributed by atoms with Crippen molar-refractivity contribution in [2.45, 2.75) is 46.3 Å². The molecule has 0 fully saturated rings. The first-order valence-electron chi connectivity index (χ1n) is 5.07. The van der Waals surface area contributed by atoms with Crippen LogP contribution in [-0.2, 0) is 4.74 Å². The maximum Gasteiger partial charge on any atom is 0.408 e. The van der Waals surface area contributed by atoms with Crippen LogP contribution in [0.4, 0.5) is 4.79 Å². The van der Waals surface area contributed by atoms with Crippen LogP contribution in [0.25, 0.3) is 0 Å². The first-order valence-corrected chi connectivity index (χ1v) is 5.07. The van der Waals surface area contributed by atoms with E-state index in [4.69, 9.17) is 9.15 Å². The molecule has 16 heavy (non-hydrogen) atoms. The highest BCUT2D eigenvalue weighted by Crippen LogP contribution is 2.12. The molecule has 0 saturated carbocycles. The first kappa shape index (κ1) is 12.5. The number of rotatable bonds is 2. The van der Waals surface area contributed by atoms with Gasteiger partial charge < -0.3 is 14.5 Å². The van der Waals surface area contributed by atoms with Crippen LogP contribution < -0.4 is 5.32 Å². The van der Waals surface area contributed by atoms with E-state index < -0.39 is 11.7 Å². The van der Waals surface area contributed by atoms with Gasteiger partial charge in [-0.3, -0.25) is 0 Å². The molecule has 1 aromatic heterocycles. The highest BCUT2D eigenvalue weighted by atomic mass is 16.6. The van der Waals surface area contributed by atoms with E-state index >= 15 is 0 Å². The summed E-state index contributed by atoms with van der Waals surface area (Å²) in [5.41, 5.74) is -0.519. The second kappa shape index (κ2) is 4.51. The Morgan fingerprint density at radius 2 is 2.06 bits per heavy atom. The van der Waals surface area contributed by atoms with Crippen molar-refractivity contribution in [2.24, 2.45) is 0 Å². The molecule has 6 heteroatoms. The molecule has 0 aliphatic heterocycles. The number of amides is 1. The van der Waals surface area contributed by atoms with Gasteiger partial charge in [0.15, 0.2) is 0 Å². The Kier molecular flexibility index (Phi) is 3.51. The fourth-order valence-electron chi connectivity index (χ4n) is 1.03. The summed E-state index contributed by atoms with van der Waals surface area (Å²) in [5.74, 6) is 0.830. The third-order valence-corrected chi connectivity index (χ3v) is 1.65. The average molecular weight is 227 g/mol. The van der Waals surface area contributed by atoms with Crippen molar-refractivity contribution in [1.82, 2.24) is 15.5 Å². The van der Waals surface area contributed by atoms with Gasteiger partial charge in [0, 0.05) is 6.92 Å². The molecule has 0 aliphatic carbocycles. The van der Waals surface area contributed by atoms with Gasteiger partial charge in [-0.15, -0.1) is 10.2 Å². The van der Waals surface area contributed by atoms with Crippen LogP contribution in [0.5, 0.6) is 0 Å². The Balaban J connectivity index is 2.52. The lowest BCUT2D eigenvalue weighted by atomic mass is 10.2. The quantitative estimate of drug-likeness (QED) is 0.835. The van der Waals surface area contributed by atoms with Gasteiger partial charge >= 0.3 is 6.09 Å². The van der Waals surface area contributed by atoms with E-state index in [-0.39, 0.29) is 6.04 Å². The van der Waals surface area contributed by atoms with Crippen molar-refractivity contribution in [3.05, 3.63) is 11.8 Å². The summed E-state index contributed by atoms with van der Waals surface area (Å²) in [7, 11) is 0. The lowest BCUT2D eigenvalue weighted by Gasteiger charge is -2.20. The summed E-state index contributed by atoms with van der Waals surface area (Å²) in [5, 5.41) is 10.1. The van der Waals surface area contributed by atoms with Gasteiger partial charge in [0.1, 0.15) is 11.6 Å². The topological polar surface area (TPSA) is 77.2 Å². The lowest BCUT2D eigenvalue weighted by Crippen LogP contribution is -2.34. The van der Waals surface area contributed by atoms with Crippen molar-refractivity contribution >= 4 is 6.09 Å². The largest absolute Gasteiger partial charge is 0.444 e. The summed E-state index contributed by atoms with van der Waals surface area (Å²) in [6.07, 6.45) is -0.504. The predicted octanol–water partition coefficient (Wildman–Crippen LogP) is 1.96. The van der Waals surface area contributed by atoms with E-state index in [1.165, 1.54) is 0 Å². The summed E-state index contributed by atoms with van der Waals surface area (Å²) >= 11 is 0. The fourth-order valence-corrected chi connectivity index (χ4v) is 1.03. The number of aryl methyl sites for hydroxylation is 1. The molecule has 90 valence electrons. The van der Waals surface area contributed by atoms with Gasteiger partial charge in [0.05, 0.1) is 0 Å². The molecular formula is C10H17N3O3. The van der Waals surface area contributed by atoms with Crippen LogP contribution in [0.2, 0.25) is 0 Å². The summed E-state index contributed by atoms with van der Waals surface area (Å²) < 4.78 is 10.3. The maximum atomic E-state index is 11.4. The minimum Gasteiger partial charge on any atom is -0.444 e. The van der Waals surface area contributed by atoms with Gasteiger partial charge in [0.25, 0.3) is 0 Å². The molecule has 1 aromatic rings. The second-order valence-corrected chi connectivity index (χ2v) is 4.53. The van der Waals surface area contributed by atoms with Gasteiger partial charge in [-0.2, -0.15) is 0 Å². The lowest BCUT2D eigenvalue weighted by molar-refractivity contribution is 0.0500. The maximum absolute atomic E-state index is 11.4. The van der Waals surface area contributed by atoms with E-state index in [1.54, 1.807) is 34.6 Å². The summed E-state index contributed by atoms with van der Waals surface area (Å²) in [4.78, 5) is 11.4. The third-order valence-electron chi connectivity index (χ3n) is 1.65. The first-order chi connectivity index (χ1) is 7.28. The van der Waals surface area contributed by atoms with Crippen molar-refractivity contribution in [3.63, 3.8) is 0 Å². The third kappa shape index (κ3) is 3.88. The Labute approximate surface area is 94.4 Å². The molecule has 0 aliphatic rings. The Morgan fingerprint density at radius 3 is 2.50 bits per heavy atom. The van der Waals surface area contributed by atoms with Gasteiger partial charge in [-0.05, 0) is 27.7 Å². The number of nitrogens with one attached hydrogen (secondary N) is 1. The van der Waals surface area contributed by atoms with E-state index in [0.29, 0.717) is 11.8 Å². The van der Waals surface area contributed by atoms with Gasteiger partial charge in [0.2, 0.25) is 11.8 Å². The molecule has 0 saturated heterocycles. The summed E-state index contributed by atoms with van der Waals surface area (Å²) in [6.45, 7) is 8.84. The monoisotopic (exact) mass is 227 g/mol. The smallest absolute Gasteiger partial charge is 0.408 e. The molecule has 1 unspecified atom stereocenters. The SMILES string of the molecule is Cc1nnc(C(C)NC(=O)OC(C)(C)C)o1. The molecule has 0 bridgehead atoms. The van der Waals surface area contributed by atoms with Crippen LogP contribution in [-0.4, -0.2) is 21.9 Å². The number of alkyl carbamates (subject to hydrolysis) is 1. The number of carbonyl (C=O) groups is 1. The van der Waals surface area contributed by atoms with E-state index in [9.17, 15) is 4.79 Å². The zero-order valence-electron chi connectivity index (χ0n) is 10.2. The minimum absolute atomic E-state index is 0.364. The highest BCUT2D eigenvalue weighted by molar-refractivity contribution is 5.68. The Morgan fingerprint density at radius 1 is 1.44 bits per heavy atom.